The average Bonchev–Trinajstić information content (AvgIpc) is 2.85. The maximum absolute atomic E-state index is 5.45. The molecule has 0 aliphatic carbocycles. The van der Waals surface area contributed by atoms with Crippen molar-refractivity contribution in [2.75, 3.05) is 7.11 Å². The predicted octanol–water partition coefficient (Wildman–Crippen LogP) is 7.33. The SMILES string of the molecule is CCCCCCC(C)(CCCCC)c1scc(OC)c1Br. The molecule has 21 heavy (non-hydrogen) atoms. The number of hydrogen-bond acceptors (Lipinski definition) is 2. The lowest BCUT2D eigenvalue weighted by Gasteiger charge is -2.29. The van der Waals surface area contributed by atoms with Gasteiger partial charge >= 0.3 is 0 Å². The smallest absolute Gasteiger partial charge is 0.144 e. The minimum Gasteiger partial charge on any atom is -0.495 e. The van der Waals surface area contributed by atoms with Crippen LogP contribution in [0.4, 0.5) is 0 Å². The summed E-state index contributed by atoms with van der Waals surface area (Å²) in [5, 5.41) is 2.14. The minimum atomic E-state index is 0.295. The van der Waals surface area contributed by atoms with Crippen molar-refractivity contribution in [3.63, 3.8) is 0 Å². The largest absolute Gasteiger partial charge is 0.495 e. The summed E-state index contributed by atoms with van der Waals surface area (Å²) in [6.07, 6.45) is 11.9. The number of ether oxygens (including phenoxy) is 1. The van der Waals surface area contributed by atoms with Crippen LogP contribution in [0.25, 0.3) is 0 Å². The third kappa shape index (κ3) is 5.59. The molecule has 0 N–H and O–H groups in total. The molecule has 0 aliphatic heterocycles. The third-order valence-corrected chi connectivity index (χ3v) is 6.70. The normalized spacial score (nSPS) is 14.1. The van der Waals surface area contributed by atoms with Gasteiger partial charge in [-0.2, -0.15) is 0 Å². The highest BCUT2D eigenvalue weighted by Gasteiger charge is 2.30. The van der Waals surface area contributed by atoms with Gasteiger partial charge in [0.2, 0.25) is 0 Å². The summed E-state index contributed by atoms with van der Waals surface area (Å²) in [6, 6.07) is 0. The fourth-order valence-corrected chi connectivity index (χ4v) is 5.25. The predicted molar refractivity (Wildman–Crippen MR) is 98.8 cm³/mol. The van der Waals surface area contributed by atoms with Gasteiger partial charge in [-0.3, -0.25) is 0 Å². The summed E-state index contributed by atoms with van der Waals surface area (Å²) in [6.45, 7) is 7.01. The molecule has 0 aliphatic rings. The second kappa shape index (κ2) is 9.89. The Labute approximate surface area is 143 Å². The Morgan fingerprint density at radius 1 is 1.05 bits per heavy atom. The van der Waals surface area contributed by atoms with Crippen LogP contribution >= 0.6 is 27.3 Å². The molecule has 0 saturated heterocycles. The van der Waals surface area contributed by atoms with Crippen LogP contribution in [0.15, 0.2) is 9.85 Å². The van der Waals surface area contributed by atoms with E-state index in [0.29, 0.717) is 5.41 Å². The van der Waals surface area contributed by atoms with E-state index in [0.717, 1.165) is 5.75 Å². The summed E-state index contributed by atoms with van der Waals surface area (Å²) < 4.78 is 6.64. The molecule has 0 radical (unpaired) electrons. The quantitative estimate of drug-likeness (QED) is 0.368. The molecule has 1 atom stereocenters. The highest BCUT2D eigenvalue weighted by atomic mass is 79.9. The first kappa shape index (κ1) is 19.0. The molecular weight excluding hydrogens is 344 g/mol. The number of unbranched alkanes of at least 4 members (excludes halogenated alkanes) is 5. The van der Waals surface area contributed by atoms with E-state index in [2.05, 4.69) is 42.1 Å². The van der Waals surface area contributed by atoms with Crippen molar-refractivity contribution in [3.05, 3.63) is 14.7 Å². The van der Waals surface area contributed by atoms with E-state index in [1.807, 2.05) is 11.3 Å². The lowest BCUT2D eigenvalue weighted by molar-refractivity contribution is 0.367. The zero-order valence-electron chi connectivity index (χ0n) is 14.1. The van der Waals surface area contributed by atoms with E-state index < -0.39 is 0 Å². The Hall–Kier alpha value is -0.0200. The van der Waals surface area contributed by atoms with Crippen molar-refractivity contribution in [3.8, 4) is 5.75 Å². The van der Waals surface area contributed by atoms with Crippen LogP contribution in [0.5, 0.6) is 5.75 Å². The molecule has 3 heteroatoms. The van der Waals surface area contributed by atoms with E-state index in [1.165, 1.54) is 67.1 Å². The molecule has 1 heterocycles. The highest BCUT2D eigenvalue weighted by molar-refractivity contribution is 9.10. The summed E-state index contributed by atoms with van der Waals surface area (Å²) in [4.78, 5) is 1.48. The van der Waals surface area contributed by atoms with Crippen molar-refractivity contribution < 1.29 is 4.74 Å². The van der Waals surface area contributed by atoms with Gasteiger partial charge in [-0.15, -0.1) is 11.3 Å². The summed E-state index contributed by atoms with van der Waals surface area (Å²) in [5.74, 6) is 0.991. The van der Waals surface area contributed by atoms with Crippen LogP contribution in [0, 0.1) is 0 Å². The molecule has 1 aromatic rings. The zero-order chi connectivity index (χ0) is 15.7. The van der Waals surface area contributed by atoms with Crippen molar-refractivity contribution in [1.29, 1.82) is 0 Å². The van der Waals surface area contributed by atoms with Gasteiger partial charge in [0.05, 0.1) is 11.6 Å². The van der Waals surface area contributed by atoms with E-state index in [-0.39, 0.29) is 0 Å². The fraction of sp³-hybridized carbons (Fsp3) is 0.778. The summed E-state index contributed by atoms with van der Waals surface area (Å²) in [7, 11) is 1.76. The second-order valence-corrected chi connectivity index (χ2v) is 7.95. The molecule has 0 aromatic carbocycles. The first-order valence-corrected chi connectivity index (χ1v) is 10.1. The van der Waals surface area contributed by atoms with Crippen LogP contribution in [-0.4, -0.2) is 7.11 Å². The van der Waals surface area contributed by atoms with Gasteiger partial charge in [-0.05, 0) is 28.8 Å². The molecule has 1 nitrogen and oxygen atoms in total. The standard InChI is InChI=1S/C18H31BrOS/c1-5-7-9-11-13-18(3,12-10-8-6-2)17-16(19)15(20-4)14-21-17/h14H,5-13H2,1-4H3. The van der Waals surface area contributed by atoms with Crippen molar-refractivity contribution >= 4 is 27.3 Å². The lowest BCUT2D eigenvalue weighted by atomic mass is 9.78. The van der Waals surface area contributed by atoms with Crippen molar-refractivity contribution in [1.82, 2.24) is 0 Å². The van der Waals surface area contributed by atoms with Gasteiger partial charge in [-0.25, -0.2) is 0 Å². The Morgan fingerprint density at radius 3 is 2.14 bits per heavy atom. The van der Waals surface area contributed by atoms with Crippen LogP contribution in [0.2, 0.25) is 0 Å². The average molecular weight is 375 g/mol. The van der Waals surface area contributed by atoms with E-state index >= 15 is 0 Å². The number of hydrogen-bond donors (Lipinski definition) is 0. The van der Waals surface area contributed by atoms with Gasteiger partial charge < -0.3 is 4.74 Å². The summed E-state index contributed by atoms with van der Waals surface area (Å²) in [5.41, 5.74) is 0.295. The van der Waals surface area contributed by atoms with Crippen LogP contribution in [0.1, 0.15) is 83.4 Å². The zero-order valence-corrected chi connectivity index (χ0v) is 16.5. The van der Waals surface area contributed by atoms with Crippen molar-refractivity contribution in [2.24, 2.45) is 0 Å². The second-order valence-electron chi connectivity index (χ2n) is 6.28. The highest BCUT2D eigenvalue weighted by Crippen LogP contribution is 2.46. The molecule has 1 aromatic heterocycles. The van der Waals surface area contributed by atoms with Crippen LogP contribution < -0.4 is 4.74 Å². The molecule has 1 unspecified atom stereocenters. The Kier molecular flexibility index (Phi) is 8.96. The third-order valence-electron chi connectivity index (χ3n) is 4.38. The molecule has 0 amide bonds. The maximum Gasteiger partial charge on any atom is 0.144 e. The Bertz CT molecular complexity index is 402. The first-order chi connectivity index (χ1) is 10.1. The Morgan fingerprint density at radius 2 is 1.62 bits per heavy atom. The van der Waals surface area contributed by atoms with Gasteiger partial charge in [0.1, 0.15) is 5.75 Å². The number of halogens is 1. The minimum absolute atomic E-state index is 0.295. The number of methoxy groups -OCH3 is 1. The molecule has 0 bridgehead atoms. The molecule has 0 fully saturated rings. The molecule has 0 spiro atoms. The monoisotopic (exact) mass is 374 g/mol. The molecular formula is C18H31BrOS. The van der Waals surface area contributed by atoms with Gasteiger partial charge in [0.15, 0.2) is 0 Å². The maximum atomic E-state index is 5.45. The van der Waals surface area contributed by atoms with E-state index in [1.54, 1.807) is 7.11 Å². The van der Waals surface area contributed by atoms with Crippen LogP contribution in [0.3, 0.4) is 0 Å². The first-order valence-electron chi connectivity index (χ1n) is 8.40. The lowest BCUT2D eigenvalue weighted by Crippen LogP contribution is -2.21. The van der Waals surface area contributed by atoms with E-state index in [4.69, 9.17) is 4.74 Å². The van der Waals surface area contributed by atoms with Gasteiger partial charge in [0, 0.05) is 15.7 Å². The molecule has 1 rings (SSSR count). The number of rotatable bonds is 11. The number of thiophene rings is 1. The molecule has 122 valence electrons. The van der Waals surface area contributed by atoms with Crippen molar-refractivity contribution in [2.45, 2.75) is 84.0 Å². The molecule has 0 saturated carbocycles. The topological polar surface area (TPSA) is 9.23 Å². The van der Waals surface area contributed by atoms with E-state index in [9.17, 15) is 0 Å². The summed E-state index contributed by atoms with van der Waals surface area (Å²) >= 11 is 5.62. The van der Waals surface area contributed by atoms with Gasteiger partial charge in [-0.1, -0.05) is 65.7 Å². The van der Waals surface area contributed by atoms with Crippen LogP contribution in [-0.2, 0) is 5.41 Å². The Balaban J connectivity index is 2.80. The van der Waals surface area contributed by atoms with Gasteiger partial charge in [0.25, 0.3) is 0 Å². The fourth-order valence-electron chi connectivity index (χ4n) is 2.93.